The fourth-order valence-corrected chi connectivity index (χ4v) is 13.4. The van der Waals surface area contributed by atoms with Crippen molar-refractivity contribution in [3.05, 3.63) is 12.2 Å². The lowest BCUT2D eigenvalue weighted by atomic mass is 9.32. The molecule has 11 atom stereocenters. The van der Waals surface area contributed by atoms with Crippen LogP contribution in [0.1, 0.15) is 153 Å². The maximum atomic E-state index is 13.1. The predicted molar refractivity (Wildman–Crippen MR) is 198 cm³/mol. The molecule has 0 saturated heterocycles. The minimum Gasteiger partial charge on any atom is -0.481 e. The summed E-state index contributed by atoms with van der Waals surface area (Å²) >= 11 is 0. The fourth-order valence-electron chi connectivity index (χ4n) is 13.4. The smallest absolute Gasteiger partial charge is 0.481 e. The monoisotopic (exact) mass is 728 g/mol. The Morgan fingerprint density at radius 3 is 2.17 bits per heavy atom. The minimum atomic E-state index is -1.16. The first-order valence-corrected chi connectivity index (χ1v) is 20.2. The molecule has 0 radical (unpaired) electrons. The largest absolute Gasteiger partial charge is 0.511 e. The number of carboxylic acids is 1. The highest BCUT2D eigenvalue weighted by atomic mass is 16.8. The number of carboxylic acid groups (broad SMARTS) is 1. The van der Waals surface area contributed by atoms with Crippen molar-refractivity contribution in [1.29, 1.82) is 0 Å². The van der Waals surface area contributed by atoms with E-state index >= 15 is 0 Å². The zero-order valence-corrected chi connectivity index (χ0v) is 33.9. The van der Waals surface area contributed by atoms with Crippen molar-refractivity contribution >= 4 is 24.1 Å². The van der Waals surface area contributed by atoms with Crippen molar-refractivity contribution in [3.8, 4) is 0 Å². The van der Waals surface area contributed by atoms with Crippen molar-refractivity contribution in [2.24, 2.45) is 62.1 Å². The zero-order chi connectivity index (χ0) is 38.7. The van der Waals surface area contributed by atoms with Gasteiger partial charge in [0.25, 0.3) is 0 Å². The van der Waals surface area contributed by atoms with Gasteiger partial charge in [-0.05, 0) is 150 Å². The van der Waals surface area contributed by atoms with Crippen LogP contribution in [0, 0.1) is 62.1 Å². The van der Waals surface area contributed by atoms with E-state index in [1.807, 2.05) is 0 Å². The van der Waals surface area contributed by atoms with E-state index in [2.05, 4.69) is 48.1 Å². The number of hydrogen-bond donors (Lipinski definition) is 1. The van der Waals surface area contributed by atoms with Crippen LogP contribution in [-0.4, -0.2) is 48.2 Å². The number of allylic oxidation sites excluding steroid dienone is 1. The lowest BCUT2D eigenvalue weighted by Crippen LogP contribution is -2.66. The number of fused-ring (bicyclic) bond motifs is 7. The summed E-state index contributed by atoms with van der Waals surface area (Å²) in [6.07, 6.45) is 9.72. The van der Waals surface area contributed by atoms with Crippen molar-refractivity contribution in [2.75, 3.05) is 6.61 Å². The highest BCUT2D eigenvalue weighted by Crippen LogP contribution is 2.78. The number of ether oxygens (including phenoxy) is 4. The summed E-state index contributed by atoms with van der Waals surface area (Å²) in [5.41, 5.74) is 0.348. The Hall–Kier alpha value is -2.58. The summed E-state index contributed by atoms with van der Waals surface area (Å²) in [5.74, 6) is 0.655. The van der Waals surface area contributed by atoms with E-state index in [9.17, 15) is 24.3 Å². The molecule has 0 aromatic carbocycles. The van der Waals surface area contributed by atoms with E-state index in [1.54, 1.807) is 27.7 Å². The van der Waals surface area contributed by atoms with Crippen LogP contribution in [0.4, 0.5) is 4.79 Å². The molecule has 5 rings (SSSR count). The van der Waals surface area contributed by atoms with Gasteiger partial charge in [0, 0.05) is 18.8 Å². The molecule has 0 amide bonds. The third kappa shape index (κ3) is 6.82. The normalized spacial score (nSPS) is 39.7. The minimum absolute atomic E-state index is 0.0570. The van der Waals surface area contributed by atoms with Gasteiger partial charge in [0.2, 0.25) is 6.29 Å². The topological polar surface area (TPSA) is 125 Å². The first kappa shape index (κ1) is 40.6. The molecule has 0 aliphatic heterocycles. The third-order valence-corrected chi connectivity index (χ3v) is 16.3. The standard InChI is InChI=1S/C43H68O9/c1-12-49-37(48)51-27(4)50-33(44)18-22-43-21-15-28(26(2)3)35(43)29-13-14-31-40(9)19-17-32(52-34(45)25-38(5,6)36(46)47)39(7,8)30(40)16-20-42(31,11)41(29,10)23-24-43/h27-32,35H,2,12-25H2,1,3-11H3,(H,46,47)/t27?,28?,29-,30+,31-,32+,35-,40+,41-,42-,43+/m1/s1. The second-order valence-electron chi connectivity index (χ2n) is 19.6. The van der Waals surface area contributed by atoms with Crippen LogP contribution in [-0.2, 0) is 33.3 Å². The lowest BCUT2D eigenvalue weighted by molar-refractivity contribution is -0.250. The molecular formula is C43H68O9. The highest BCUT2D eigenvalue weighted by Gasteiger charge is 2.71. The third-order valence-electron chi connectivity index (χ3n) is 16.3. The molecule has 2 unspecified atom stereocenters. The predicted octanol–water partition coefficient (Wildman–Crippen LogP) is 9.90. The molecule has 9 nitrogen and oxygen atoms in total. The van der Waals surface area contributed by atoms with Crippen LogP contribution in [0.2, 0.25) is 0 Å². The van der Waals surface area contributed by atoms with Gasteiger partial charge in [0.05, 0.1) is 18.4 Å². The average molecular weight is 729 g/mol. The van der Waals surface area contributed by atoms with Gasteiger partial charge in [-0.15, -0.1) is 0 Å². The van der Waals surface area contributed by atoms with Crippen LogP contribution in [0.5, 0.6) is 0 Å². The van der Waals surface area contributed by atoms with E-state index in [0.29, 0.717) is 36.0 Å². The Morgan fingerprint density at radius 1 is 0.846 bits per heavy atom. The number of aliphatic carboxylic acids is 1. The first-order valence-electron chi connectivity index (χ1n) is 20.2. The Kier molecular flexibility index (Phi) is 11.1. The number of carbonyl (C=O) groups excluding carboxylic acids is 3. The molecule has 52 heavy (non-hydrogen) atoms. The molecule has 0 bridgehead atoms. The maximum Gasteiger partial charge on any atom is 0.511 e. The molecule has 0 aromatic rings. The van der Waals surface area contributed by atoms with Gasteiger partial charge in [0.15, 0.2) is 0 Å². The second-order valence-corrected chi connectivity index (χ2v) is 19.6. The molecule has 5 fully saturated rings. The van der Waals surface area contributed by atoms with Crippen LogP contribution < -0.4 is 0 Å². The number of carbonyl (C=O) groups is 4. The molecule has 294 valence electrons. The van der Waals surface area contributed by atoms with Crippen molar-refractivity contribution in [1.82, 2.24) is 0 Å². The SMILES string of the molecule is C=C(C)C1CC[C@]2(CCC(=O)OC(C)OC(=O)OCC)CC[C@]3(C)[C@H](CC[C@@H]4[C@@]5(C)CC[C@H](OC(=O)CC(C)(C)C(=O)O)C(C)(C)[C@@H]5CC[C@]43C)[C@@H]12. The average Bonchev–Trinajstić information content (AvgIpc) is 3.42. The Bertz CT molecular complexity index is 1420. The molecule has 0 heterocycles. The molecule has 5 saturated carbocycles. The summed E-state index contributed by atoms with van der Waals surface area (Å²) in [6.45, 7) is 25.6. The molecule has 1 N–H and O–H groups in total. The van der Waals surface area contributed by atoms with Crippen molar-refractivity contribution in [2.45, 2.75) is 165 Å². The highest BCUT2D eigenvalue weighted by molar-refractivity contribution is 5.81. The van der Waals surface area contributed by atoms with Gasteiger partial charge >= 0.3 is 24.1 Å². The van der Waals surface area contributed by atoms with E-state index in [-0.39, 0.29) is 52.2 Å². The van der Waals surface area contributed by atoms with E-state index < -0.39 is 29.8 Å². The molecule has 9 heteroatoms. The van der Waals surface area contributed by atoms with Crippen molar-refractivity contribution < 1.29 is 43.2 Å². The maximum absolute atomic E-state index is 13.1. The van der Waals surface area contributed by atoms with Crippen LogP contribution in [0.15, 0.2) is 12.2 Å². The zero-order valence-electron chi connectivity index (χ0n) is 33.9. The summed E-state index contributed by atoms with van der Waals surface area (Å²) in [7, 11) is 0. The quantitative estimate of drug-likeness (QED) is 0.0958. The van der Waals surface area contributed by atoms with Crippen molar-refractivity contribution in [3.63, 3.8) is 0 Å². The molecule has 0 aromatic heterocycles. The van der Waals surface area contributed by atoms with E-state index in [0.717, 1.165) is 57.8 Å². The number of hydrogen-bond acceptors (Lipinski definition) is 8. The van der Waals surface area contributed by atoms with Gasteiger partial charge in [-0.25, -0.2) is 4.79 Å². The number of rotatable bonds is 11. The first-order chi connectivity index (χ1) is 24.1. The van der Waals surface area contributed by atoms with Gasteiger partial charge in [-0.1, -0.05) is 46.8 Å². The Labute approximate surface area is 312 Å². The molecule has 0 spiro atoms. The second kappa shape index (κ2) is 14.2. The van der Waals surface area contributed by atoms with Gasteiger partial charge in [0.1, 0.15) is 6.10 Å². The van der Waals surface area contributed by atoms with Gasteiger partial charge in [-0.2, -0.15) is 0 Å². The molecular weight excluding hydrogens is 660 g/mol. The van der Waals surface area contributed by atoms with Crippen LogP contribution in [0.3, 0.4) is 0 Å². The fraction of sp³-hybridized carbons (Fsp3) is 0.860. The summed E-state index contributed by atoms with van der Waals surface area (Å²) in [6, 6.07) is 0. The van der Waals surface area contributed by atoms with E-state index in [1.165, 1.54) is 18.4 Å². The van der Waals surface area contributed by atoms with Gasteiger partial charge < -0.3 is 24.1 Å². The van der Waals surface area contributed by atoms with Crippen LogP contribution in [0.25, 0.3) is 0 Å². The van der Waals surface area contributed by atoms with Gasteiger partial charge in [-0.3, -0.25) is 14.4 Å². The summed E-state index contributed by atoms with van der Waals surface area (Å²) in [5, 5.41) is 9.60. The summed E-state index contributed by atoms with van der Waals surface area (Å²) in [4.78, 5) is 49.6. The lowest BCUT2D eigenvalue weighted by Gasteiger charge is -2.73. The summed E-state index contributed by atoms with van der Waals surface area (Å²) < 4.78 is 21.6. The number of esters is 2. The van der Waals surface area contributed by atoms with E-state index in [4.69, 9.17) is 18.9 Å². The Balaban J connectivity index is 1.34. The molecule has 5 aliphatic carbocycles. The molecule has 5 aliphatic rings. The van der Waals surface area contributed by atoms with Crippen LogP contribution >= 0.6 is 0 Å². The Morgan fingerprint density at radius 2 is 1.54 bits per heavy atom.